The number of carbonyl (C=O) groups is 1. The summed E-state index contributed by atoms with van der Waals surface area (Å²) in [5.41, 5.74) is 7.26. The van der Waals surface area contributed by atoms with Gasteiger partial charge in [0.05, 0.1) is 22.1 Å². The summed E-state index contributed by atoms with van der Waals surface area (Å²) in [5.74, 6) is -0.170. The van der Waals surface area contributed by atoms with Crippen LogP contribution in [-0.2, 0) is 11.3 Å². The lowest BCUT2D eigenvalue weighted by Crippen LogP contribution is -2.38. The molecule has 2 aromatic heterocycles. The predicted octanol–water partition coefficient (Wildman–Crippen LogP) is 1.57. The number of hydrogen-bond donors (Lipinski definition) is 1. The minimum absolute atomic E-state index is 0.0136. The van der Waals surface area contributed by atoms with Crippen molar-refractivity contribution in [2.24, 2.45) is 11.7 Å². The monoisotopic (exact) mass is 342 g/mol. The second-order valence-electron chi connectivity index (χ2n) is 6.07. The molecule has 3 heterocycles. The standard InChI is InChI=1S/C16H18N6OS/c17-15(23)11-5-7-21(8-6-11)9-12-10-22(20-19-12)16-18-13-3-1-2-4-14(13)24-16/h1-4,10-11H,5-9H2,(H2,17,23). The first-order valence-electron chi connectivity index (χ1n) is 7.98. The molecule has 1 fully saturated rings. The zero-order chi connectivity index (χ0) is 16.5. The molecule has 0 spiro atoms. The number of amides is 1. The molecule has 7 nitrogen and oxygen atoms in total. The van der Waals surface area contributed by atoms with Crippen LogP contribution in [-0.4, -0.2) is 43.9 Å². The highest BCUT2D eigenvalue weighted by atomic mass is 32.1. The molecule has 1 amide bonds. The van der Waals surface area contributed by atoms with E-state index in [1.165, 1.54) is 0 Å². The number of para-hydroxylation sites is 1. The molecule has 24 heavy (non-hydrogen) atoms. The van der Waals surface area contributed by atoms with Crippen molar-refractivity contribution in [3.8, 4) is 5.13 Å². The molecule has 1 aromatic carbocycles. The van der Waals surface area contributed by atoms with Crippen LogP contribution in [0.25, 0.3) is 15.3 Å². The Balaban J connectivity index is 1.44. The minimum Gasteiger partial charge on any atom is -0.369 e. The van der Waals surface area contributed by atoms with Crippen LogP contribution in [0.15, 0.2) is 30.5 Å². The molecule has 2 N–H and O–H groups in total. The third-order valence-corrected chi connectivity index (χ3v) is 5.42. The van der Waals surface area contributed by atoms with Gasteiger partial charge in [0.25, 0.3) is 0 Å². The summed E-state index contributed by atoms with van der Waals surface area (Å²) < 4.78 is 2.87. The lowest BCUT2D eigenvalue weighted by Gasteiger charge is -2.29. The minimum atomic E-state index is -0.184. The number of piperidine rings is 1. The molecular weight excluding hydrogens is 324 g/mol. The average molecular weight is 342 g/mol. The smallest absolute Gasteiger partial charge is 0.220 e. The van der Waals surface area contributed by atoms with Gasteiger partial charge in [-0.25, -0.2) is 4.98 Å². The number of nitrogens with two attached hydrogens (primary N) is 1. The highest BCUT2D eigenvalue weighted by Crippen LogP contribution is 2.24. The third-order valence-electron chi connectivity index (χ3n) is 4.39. The van der Waals surface area contributed by atoms with Crippen LogP contribution < -0.4 is 5.73 Å². The lowest BCUT2D eigenvalue weighted by molar-refractivity contribution is -0.123. The molecule has 4 rings (SSSR count). The van der Waals surface area contributed by atoms with Gasteiger partial charge in [0.1, 0.15) is 0 Å². The van der Waals surface area contributed by atoms with E-state index >= 15 is 0 Å². The lowest BCUT2D eigenvalue weighted by atomic mass is 9.96. The van der Waals surface area contributed by atoms with E-state index in [0.717, 1.165) is 53.5 Å². The first-order valence-corrected chi connectivity index (χ1v) is 8.79. The van der Waals surface area contributed by atoms with Crippen LogP contribution in [0.4, 0.5) is 0 Å². The second kappa shape index (κ2) is 6.29. The highest BCUT2D eigenvalue weighted by molar-refractivity contribution is 7.20. The van der Waals surface area contributed by atoms with E-state index in [1.54, 1.807) is 16.0 Å². The maximum Gasteiger partial charge on any atom is 0.220 e. The van der Waals surface area contributed by atoms with Crippen LogP contribution in [0.2, 0.25) is 0 Å². The number of fused-ring (bicyclic) bond motifs is 1. The van der Waals surface area contributed by atoms with E-state index in [-0.39, 0.29) is 11.8 Å². The number of hydrogen-bond acceptors (Lipinski definition) is 6. The van der Waals surface area contributed by atoms with Gasteiger partial charge in [-0.15, -0.1) is 5.10 Å². The van der Waals surface area contributed by atoms with Crippen molar-refractivity contribution >= 4 is 27.5 Å². The topological polar surface area (TPSA) is 89.9 Å². The summed E-state index contributed by atoms with van der Waals surface area (Å²) in [4.78, 5) is 18.1. The Morgan fingerprint density at radius 1 is 1.29 bits per heavy atom. The molecule has 1 aliphatic rings. The van der Waals surface area contributed by atoms with Gasteiger partial charge in [-0.1, -0.05) is 28.7 Å². The van der Waals surface area contributed by atoms with Crippen molar-refractivity contribution in [3.05, 3.63) is 36.2 Å². The van der Waals surface area contributed by atoms with Gasteiger partial charge in [0.15, 0.2) is 0 Å². The Labute approximate surface area is 143 Å². The number of carbonyl (C=O) groups excluding carboxylic acids is 1. The van der Waals surface area contributed by atoms with E-state index in [9.17, 15) is 4.79 Å². The number of nitrogens with zero attached hydrogens (tertiary/aromatic N) is 5. The Bertz CT molecular complexity index is 831. The van der Waals surface area contributed by atoms with Gasteiger partial charge in [0, 0.05) is 12.5 Å². The van der Waals surface area contributed by atoms with Crippen molar-refractivity contribution in [2.45, 2.75) is 19.4 Å². The highest BCUT2D eigenvalue weighted by Gasteiger charge is 2.23. The van der Waals surface area contributed by atoms with Crippen molar-refractivity contribution < 1.29 is 4.79 Å². The van der Waals surface area contributed by atoms with Gasteiger partial charge in [0.2, 0.25) is 11.0 Å². The van der Waals surface area contributed by atoms with Crippen LogP contribution in [0, 0.1) is 5.92 Å². The molecule has 0 radical (unpaired) electrons. The molecule has 8 heteroatoms. The van der Waals surface area contributed by atoms with Crippen molar-refractivity contribution in [2.75, 3.05) is 13.1 Å². The summed E-state index contributed by atoms with van der Waals surface area (Å²) in [7, 11) is 0. The Morgan fingerprint density at radius 2 is 2.08 bits per heavy atom. The Hall–Kier alpha value is -2.32. The molecule has 0 atom stereocenters. The Kier molecular flexibility index (Phi) is 3.99. The zero-order valence-electron chi connectivity index (χ0n) is 13.1. The number of benzene rings is 1. The summed E-state index contributed by atoms with van der Waals surface area (Å²) in [5, 5.41) is 9.28. The number of rotatable bonds is 4. The zero-order valence-corrected chi connectivity index (χ0v) is 13.9. The molecule has 3 aromatic rings. The first-order chi connectivity index (χ1) is 11.7. The predicted molar refractivity (Wildman–Crippen MR) is 91.7 cm³/mol. The molecule has 0 saturated carbocycles. The summed E-state index contributed by atoms with van der Waals surface area (Å²) in [6.07, 6.45) is 3.57. The molecule has 0 aliphatic carbocycles. The maximum absolute atomic E-state index is 11.2. The van der Waals surface area contributed by atoms with E-state index in [0.29, 0.717) is 0 Å². The summed E-state index contributed by atoms with van der Waals surface area (Å²) in [6.45, 7) is 2.46. The maximum atomic E-state index is 11.2. The number of primary amides is 1. The van der Waals surface area contributed by atoms with E-state index in [1.807, 2.05) is 24.4 Å². The molecular formula is C16H18N6OS. The summed E-state index contributed by atoms with van der Waals surface area (Å²) in [6, 6.07) is 8.04. The van der Waals surface area contributed by atoms with Crippen molar-refractivity contribution in [1.82, 2.24) is 24.9 Å². The number of likely N-dealkylation sites (tertiary alicyclic amines) is 1. The fourth-order valence-electron chi connectivity index (χ4n) is 3.03. The molecule has 1 aliphatic heterocycles. The normalized spacial score (nSPS) is 16.7. The van der Waals surface area contributed by atoms with Gasteiger partial charge < -0.3 is 5.73 Å². The van der Waals surface area contributed by atoms with E-state index in [4.69, 9.17) is 5.73 Å². The van der Waals surface area contributed by atoms with E-state index < -0.39 is 0 Å². The van der Waals surface area contributed by atoms with Gasteiger partial charge in [-0.2, -0.15) is 4.68 Å². The van der Waals surface area contributed by atoms with Gasteiger partial charge in [-0.05, 0) is 38.1 Å². The Morgan fingerprint density at radius 3 is 2.83 bits per heavy atom. The van der Waals surface area contributed by atoms with Gasteiger partial charge >= 0.3 is 0 Å². The first kappa shape index (κ1) is 15.2. The van der Waals surface area contributed by atoms with Gasteiger partial charge in [-0.3, -0.25) is 9.69 Å². The third kappa shape index (κ3) is 3.02. The largest absolute Gasteiger partial charge is 0.369 e. The molecule has 1 saturated heterocycles. The fourth-order valence-corrected chi connectivity index (χ4v) is 3.92. The number of thiazole rings is 1. The van der Waals surface area contributed by atoms with Crippen molar-refractivity contribution in [1.29, 1.82) is 0 Å². The van der Waals surface area contributed by atoms with Crippen LogP contribution in [0.3, 0.4) is 0 Å². The molecule has 124 valence electrons. The second-order valence-corrected chi connectivity index (χ2v) is 7.08. The molecule has 0 bridgehead atoms. The number of aromatic nitrogens is 4. The van der Waals surface area contributed by atoms with Crippen LogP contribution in [0.5, 0.6) is 0 Å². The SMILES string of the molecule is NC(=O)C1CCN(Cc2cn(-c3nc4ccccc4s3)nn2)CC1. The summed E-state index contributed by atoms with van der Waals surface area (Å²) >= 11 is 1.60. The average Bonchev–Trinajstić information content (AvgIpc) is 3.21. The quantitative estimate of drug-likeness (QED) is 0.777. The van der Waals surface area contributed by atoms with Crippen LogP contribution in [0.1, 0.15) is 18.5 Å². The molecule has 0 unspecified atom stereocenters. The fraction of sp³-hybridized carbons (Fsp3) is 0.375. The van der Waals surface area contributed by atoms with Crippen LogP contribution >= 0.6 is 11.3 Å². The van der Waals surface area contributed by atoms with Crippen molar-refractivity contribution in [3.63, 3.8) is 0 Å². The van der Waals surface area contributed by atoms with E-state index in [2.05, 4.69) is 26.3 Å².